The molecule has 1 atom stereocenters. The van der Waals surface area contributed by atoms with Crippen LogP contribution >= 0.6 is 0 Å². The molecule has 0 unspecified atom stereocenters. The minimum atomic E-state index is -0.706. The Labute approximate surface area is 163 Å². The van der Waals surface area contributed by atoms with Crippen molar-refractivity contribution in [3.8, 4) is 0 Å². The largest absolute Gasteiger partial charge is 0.367 e. The summed E-state index contributed by atoms with van der Waals surface area (Å²) in [7, 11) is 1.51. The van der Waals surface area contributed by atoms with Crippen LogP contribution in [-0.4, -0.2) is 19.2 Å². The fourth-order valence-corrected chi connectivity index (χ4v) is 3.43. The molecular formula is C24H20N2O2. The van der Waals surface area contributed by atoms with Gasteiger partial charge in [0.05, 0.1) is 6.21 Å². The number of hydrogen-bond acceptors (Lipinski definition) is 3. The number of nitrogens with one attached hydrogen (secondary N) is 1. The van der Waals surface area contributed by atoms with Gasteiger partial charge in [-0.05, 0) is 33.2 Å². The molecule has 0 radical (unpaired) electrons. The fraction of sp³-hybridized carbons (Fsp3) is 0.0833. The van der Waals surface area contributed by atoms with Gasteiger partial charge in [0.2, 0.25) is 0 Å². The molecule has 0 spiro atoms. The highest BCUT2D eigenvalue weighted by molar-refractivity contribution is 6.13. The molecule has 4 nitrogen and oxygen atoms in total. The summed E-state index contributed by atoms with van der Waals surface area (Å²) >= 11 is 0. The van der Waals surface area contributed by atoms with Crippen LogP contribution in [0.5, 0.6) is 0 Å². The van der Waals surface area contributed by atoms with Crippen molar-refractivity contribution in [3.05, 3.63) is 96.1 Å². The van der Waals surface area contributed by atoms with Gasteiger partial charge >= 0.3 is 0 Å². The highest BCUT2D eigenvalue weighted by atomic mass is 16.5. The van der Waals surface area contributed by atoms with Crippen LogP contribution in [0.3, 0.4) is 0 Å². The van der Waals surface area contributed by atoms with E-state index in [1.54, 1.807) is 6.21 Å². The quantitative estimate of drug-likeness (QED) is 0.312. The van der Waals surface area contributed by atoms with Gasteiger partial charge in [0.25, 0.3) is 5.91 Å². The van der Waals surface area contributed by atoms with Crippen LogP contribution in [0.2, 0.25) is 0 Å². The molecule has 0 heterocycles. The maximum atomic E-state index is 12.5. The lowest BCUT2D eigenvalue weighted by molar-refractivity contribution is -0.131. The Bertz CT molecular complexity index is 1100. The van der Waals surface area contributed by atoms with Crippen molar-refractivity contribution in [3.63, 3.8) is 0 Å². The van der Waals surface area contributed by atoms with Crippen LogP contribution in [0, 0.1) is 0 Å². The number of hydrazone groups is 1. The normalized spacial score (nSPS) is 12.5. The first-order valence-electron chi connectivity index (χ1n) is 9.09. The number of fused-ring (bicyclic) bond motifs is 2. The van der Waals surface area contributed by atoms with Gasteiger partial charge in [-0.1, -0.05) is 78.9 Å². The fourth-order valence-electron chi connectivity index (χ4n) is 3.43. The number of carbonyl (C=O) groups excluding carboxylic acids is 1. The molecule has 0 saturated heterocycles. The minimum absolute atomic E-state index is 0.311. The molecule has 4 heteroatoms. The molecule has 0 aliphatic carbocycles. The lowest BCUT2D eigenvalue weighted by Crippen LogP contribution is -2.26. The highest BCUT2D eigenvalue weighted by Crippen LogP contribution is 2.27. The molecule has 138 valence electrons. The summed E-state index contributed by atoms with van der Waals surface area (Å²) in [5, 5.41) is 8.67. The molecule has 1 amide bonds. The SMILES string of the molecule is CO[C@H](C(=O)N/N=C\c1c2ccccc2cc2ccccc12)c1ccccc1. The second-order valence-electron chi connectivity index (χ2n) is 6.49. The second-order valence-corrected chi connectivity index (χ2v) is 6.49. The number of methoxy groups -OCH3 is 1. The van der Waals surface area contributed by atoms with E-state index in [9.17, 15) is 4.79 Å². The number of ether oxygens (including phenoxy) is 1. The third kappa shape index (κ3) is 3.50. The van der Waals surface area contributed by atoms with E-state index in [1.165, 1.54) is 7.11 Å². The summed E-state index contributed by atoms with van der Waals surface area (Å²) in [6.07, 6.45) is 1.00. The molecule has 4 aromatic carbocycles. The van der Waals surface area contributed by atoms with Gasteiger partial charge in [0.1, 0.15) is 0 Å². The van der Waals surface area contributed by atoms with Gasteiger partial charge in [0.15, 0.2) is 6.10 Å². The zero-order chi connectivity index (χ0) is 19.3. The average molecular weight is 368 g/mol. The lowest BCUT2D eigenvalue weighted by atomic mass is 9.97. The van der Waals surface area contributed by atoms with Gasteiger partial charge in [-0.2, -0.15) is 5.10 Å². The molecule has 0 aliphatic heterocycles. The van der Waals surface area contributed by atoms with Gasteiger partial charge in [-0.25, -0.2) is 5.43 Å². The third-order valence-electron chi connectivity index (χ3n) is 4.76. The molecule has 0 aliphatic rings. The maximum absolute atomic E-state index is 12.5. The molecule has 0 aromatic heterocycles. The maximum Gasteiger partial charge on any atom is 0.273 e. The van der Waals surface area contributed by atoms with Gasteiger partial charge in [-0.3, -0.25) is 4.79 Å². The Morgan fingerprint density at radius 2 is 1.46 bits per heavy atom. The van der Waals surface area contributed by atoms with E-state index in [2.05, 4.69) is 40.9 Å². The second kappa shape index (κ2) is 8.03. The summed E-state index contributed by atoms with van der Waals surface area (Å²) in [4.78, 5) is 12.5. The standard InChI is InChI=1S/C24H20N2O2/c1-28-23(17-9-3-2-4-10-17)24(27)26-25-16-22-20-13-7-5-11-18(20)15-19-12-6-8-14-21(19)22/h2-16,23H,1H3,(H,26,27)/b25-16-/t23-/m0/s1. The molecule has 0 saturated carbocycles. The first-order chi connectivity index (χ1) is 13.8. The number of nitrogens with zero attached hydrogens (tertiary/aromatic N) is 1. The molecule has 0 fully saturated rings. The summed E-state index contributed by atoms with van der Waals surface area (Å²) < 4.78 is 5.36. The van der Waals surface area contributed by atoms with E-state index in [0.717, 1.165) is 32.7 Å². The molecule has 4 rings (SSSR count). The Kier molecular flexibility index (Phi) is 5.13. The van der Waals surface area contributed by atoms with Gasteiger partial charge in [-0.15, -0.1) is 0 Å². The Hall–Kier alpha value is -3.50. The Morgan fingerprint density at radius 1 is 0.893 bits per heavy atom. The van der Waals surface area contributed by atoms with Crippen LogP contribution in [0.1, 0.15) is 17.2 Å². The average Bonchev–Trinajstić information content (AvgIpc) is 2.74. The summed E-state index contributed by atoms with van der Waals surface area (Å²) in [5.74, 6) is -0.311. The first-order valence-corrected chi connectivity index (χ1v) is 9.09. The van der Waals surface area contributed by atoms with E-state index in [-0.39, 0.29) is 5.91 Å². The zero-order valence-corrected chi connectivity index (χ0v) is 15.5. The smallest absolute Gasteiger partial charge is 0.273 e. The predicted octanol–water partition coefficient (Wildman–Crippen LogP) is 4.83. The number of carbonyl (C=O) groups is 1. The molecular weight excluding hydrogens is 348 g/mol. The highest BCUT2D eigenvalue weighted by Gasteiger charge is 2.19. The van der Waals surface area contributed by atoms with E-state index in [0.29, 0.717) is 0 Å². The monoisotopic (exact) mass is 368 g/mol. The van der Waals surface area contributed by atoms with Crippen molar-refractivity contribution in [2.75, 3.05) is 7.11 Å². The van der Waals surface area contributed by atoms with Crippen molar-refractivity contribution in [2.45, 2.75) is 6.10 Å². The van der Waals surface area contributed by atoms with E-state index >= 15 is 0 Å². The molecule has 0 bridgehead atoms. The molecule has 4 aromatic rings. The van der Waals surface area contributed by atoms with E-state index < -0.39 is 6.10 Å². The van der Waals surface area contributed by atoms with E-state index in [1.807, 2.05) is 54.6 Å². The van der Waals surface area contributed by atoms with Gasteiger partial charge in [0, 0.05) is 12.7 Å². The minimum Gasteiger partial charge on any atom is -0.367 e. The topological polar surface area (TPSA) is 50.7 Å². The summed E-state index contributed by atoms with van der Waals surface area (Å²) in [6, 6.07) is 27.8. The van der Waals surface area contributed by atoms with Crippen molar-refractivity contribution in [2.24, 2.45) is 5.10 Å². The predicted molar refractivity (Wildman–Crippen MR) is 113 cm³/mol. The van der Waals surface area contributed by atoms with Crippen molar-refractivity contribution in [1.29, 1.82) is 0 Å². The zero-order valence-electron chi connectivity index (χ0n) is 15.5. The summed E-state index contributed by atoms with van der Waals surface area (Å²) in [6.45, 7) is 0. The van der Waals surface area contributed by atoms with Crippen LogP contribution in [0.15, 0.2) is 90.0 Å². The Balaban J connectivity index is 1.65. The number of rotatable bonds is 5. The summed E-state index contributed by atoms with van der Waals surface area (Å²) in [5.41, 5.74) is 4.38. The van der Waals surface area contributed by atoms with Crippen molar-refractivity contribution < 1.29 is 9.53 Å². The number of hydrogen-bond donors (Lipinski definition) is 1. The van der Waals surface area contributed by atoms with Crippen LogP contribution < -0.4 is 5.43 Å². The van der Waals surface area contributed by atoms with Crippen LogP contribution in [0.25, 0.3) is 21.5 Å². The van der Waals surface area contributed by atoms with Crippen molar-refractivity contribution in [1.82, 2.24) is 5.43 Å². The lowest BCUT2D eigenvalue weighted by Gasteiger charge is -2.13. The van der Waals surface area contributed by atoms with E-state index in [4.69, 9.17) is 4.74 Å². The Morgan fingerprint density at radius 3 is 2.07 bits per heavy atom. The van der Waals surface area contributed by atoms with Crippen LogP contribution in [-0.2, 0) is 9.53 Å². The number of benzene rings is 4. The molecule has 1 N–H and O–H groups in total. The molecule has 28 heavy (non-hydrogen) atoms. The third-order valence-corrected chi connectivity index (χ3v) is 4.76. The first kappa shape index (κ1) is 17.9. The number of amides is 1. The van der Waals surface area contributed by atoms with Crippen LogP contribution in [0.4, 0.5) is 0 Å². The van der Waals surface area contributed by atoms with Gasteiger partial charge < -0.3 is 4.74 Å². The van der Waals surface area contributed by atoms with Crippen molar-refractivity contribution >= 4 is 33.7 Å².